The molecule has 0 radical (unpaired) electrons. The van der Waals surface area contributed by atoms with E-state index in [9.17, 15) is 19.7 Å². The SMILES string of the molecule is CC(=O)Oc1ccccc1C(=O)Oc1ccc(CO[N+](=O)[O-])nc1C. The normalized spacial score (nSPS) is 10.0. The van der Waals surface area contributed by atoms with Gasteiger partial charge in [-0.05, 0) is 31.2 Å². The van der Waals surface area contributed by atoms with Gasteiger partial charge >= 0.3 is 11.9 Å². The van der Waals surface area contributed by atoms with Crippen LogP contribution in [0, 0.1) is 17.0 Å². The van der Waals surface area contributed by atoms with Gasteiger partial charge in [0.2, 0.25) is 0 Å². The largest absolute Gasteiger partial charge is 0.426 e. The molecule has 2 rings (SSSR count). The first-order valence-corrected chi connectivity index (χ1v) is 7.10. The van der Waals surface area contributed by atoms with E-state index in [2.05, 4.69) is 9.82 Å². The third-order valence-electron chi connectivity index (χ3n) is 2.98. The van der Waals surface area contributed by atoms with Crippen molar-refractivity contribution in [3.8, 4) is 11.5 Å². The van der Waals surface area contributed by atoms with Gasteiger partial charge in [-0.15, -0.1) is 10.1 Å². The quantitative estimate of drug-likeness (QED) is 0.338. The summed E-state index contributed by atoms with van der Waals surface area (Å²) < 4.78 is 10.2. The van der Waals surface area contributed by atoms with Crippen LogP contribution in [0.4, 0.5) is 0 Å². The number of nitrogens with zero attached hydrogens (tertiary/aromatic N) is 2. The lowest BCUT2D eigenvalue weighted by atomic mass is 10.2. The molecule has 0 amide bonds. The van der Waals surface area contributed by atoms with Gasteiger partial charge in [0.15, 0.2) is 5.75 Å². The average molecular weight is 346 g/mol. The van der Waals surface area contributed by atoms with Gasteiger partial charge in [0, 0.05) is 6.92 Å². The Morgan fingerprint density at radius 1 is 1.12 bits per heavy atom. The Kier molecular flexibility index (Phi) is 5.62. The Balaban J connectivity index is 2.16. The third-order valence-corrected chi connectivity index (χ3v) is 2.98. The molecular weight excluding hydrogens is 332 g/mol. The lowest BCUT2D eigenvalue weighted by Gasteiger charge is -2.10. The zero-order valence-corrected chi connectivity index (χ0v) is 13.4. The molecule has 0 aliphatic rings. The van der Waals surface area contributed by atoms with E-state index in [0.717, 1.165) is 0 Å². The van der Waals surface area contributed by atoms with Gasteiger partial charge in [0.05, 0.1) is 11.4 Å². The number of rotatable bonds is 6. The molecule has 0 N–H and O–H groups in total. The van der Waals surface area contributed by atoms with Crippen LogP contribution in [-0.4, -0.2) is 22.0 Å². The van der Waals surface area contributed by atoms with E-state index >= 15 is 0 Å². The minimum Gasteiger partial charge on any atom is -0.426 e. The molecule has 0 unspecified atom stereocenters. The molecule has 0 atom stereocenters. The van der Waals surface area contributed by atoms with E-state index in [1.807, 2.05) is 0 Å². The van der Waals surface area contributed by atoms with Crippen LogP contribution in [0.25, 0.3) is 0 Å². The predicted molar refractivity (Wildman–Crippen MR) is 83.5 cm³/mol. The highest BCUT2D eigenvalue weighted by Gasteiger charge is 2.17. The van der Waals surface area contributed by atoms with Gasteiger partial charge in [0.1, 0.15) is 17.9 Å². The van der Waals surface area contributed by atoms with Gasteiger partial charge in [-0.1, -0.05) is 12.1 Å². The Hall–Kier alpha value is -3.49. The number of esters is 2. The number of pyridine rings is 1. The summed E-state index contributed by atoms with van der Waals surface area (Å²) in [7, 11) is 0. The Bertz CT molecular complexity index is 820. The molecule has 1 aromatic carbocycles. The highest BCUT2D eigenvalue weighted by Crippen LogP contribution is 2.22. The van der Waals surface area contributed by atoms with E-state index in [1.54, 1.807) is 19.1 Å². The van der Waals surface area contributed by atoms with E-state index in [1.165, 1.54) is 31.2 Å². The monoisotopic (exact) mass is 346 g/mol. The van der Waals surface area contributed by atoms with Gasteiger partial charge < -0.3 is 14.3 Å². The van der Waals surface area contributed by atoms with E-state index in [-0.39, 0.29) is 23.7 Å². The second-order valence-electron chi connectivity index (χ2n) is 4.86. The van der Waals surface area contributed by atoms with Gasteiger partial charge in [-0.3, -0.25) is 9.78 Å². The lowest BCUT2D eigenvalue weighted by Crippen LogP contribution is -2.13. The highest BCUT2D eigenvalue weighted by atomic mass is 16.9. The van der Waals surface area contributed by atoms with Crippen LogP contribution in [0.15, 0.2) is 36.4 Å². The summed E-state index contributed by atoms with van der Waals surface area (Å²) in [4.78, 5) is 41.9. The molecule has 0 bridgehead atoms. The number of aryl methyl sites for hydroxylation is 1. The molecule has 1 aromatic heterocycles. The van der Waals surface area contributed by atoms with Crippen LogP contribution < -0.4 is 9.47 Å². The smallest absolute Gasteiger partial charge is 0.347 e. The molecule has 0 saturated heterocycles. The van der Waals surface area contributed by atoms with Crippen molar-refractivity contribution in [3.05, 3.63) is 63.5 Å². The predicted octanol–water partition coefficient (Wildman–Crippen LogP) is 2.24. The molecule has 9 heteroatoms. The molecule has 9 nitrogen and oxygen atoms in total. The van der Waals surface area contributed by atoms with Crippen molar-refractivity contribution in [2.45, 2.75) is 20.5 Å². The molecule has 0 aliphatic heterocycles. The summed E-state index contributed by atoms with van der Waals surface area (Å²) in [6.45, 7) is 2.50. The summed E-state index contributed by atoms with van der Waals surface area (Å²) in [6.07, 6.45) is 0. The standard InChI is InChI=1S/C16H14N2O7/c1-10-14(8-7-12(17-10)9-23-18(21)22)25-16(20)13-5-3-4-6-15(13)24-11(2)19/h3-8H,9H2,1-2H3. The van der Waals surface area contributed by atoms with Crippen molar-refractivity contribution >= 4 is 11.9 Å². The van der Waals surface area contributed by atoms with Crippen LogP contribution >= 0.6 is 0 Å². The van der Waals surface area contributed by atoms with Gasteiger partial charge in [-0.25, -0.2) is 4.79 Å². The van der Waals surface area contributed by atoms with Crippen LogP contribution in [-0.2, 0) is 16.2 Å². The van der Waals surface area contributed by atoms with E-state index in [0.29, 0.717) is 11.4 Å². The van der Waals surface area contributed by atoms with Crippen molar-refractivity contribution in [1.29, 1.82) is 0 Å². The Morgan fingerprint density at radius 2 is 1.84 bits per heavy atom. The summed E-state index contributed by atoms with van der Waals surface area (Å²) in [5, 5.41) is 9.27. The first kappa shape index (κ1) is 17.9. The fourth-order valence-electron chi connectivity index (χ4n) is 1.94. The Morgan fingerprint density at radius 3 is 2.48 bits per heavy atom. The maximum atomic E-state index is 12.3. The molecule has 0 aliphatic carbocycles. The van der Waals surface area contributed by atoms with Crippen LogP contribution in [0.2, 0.25) is 0 Å². The first-order valence-electron chi connectivity index (χ1n) is 7.10. The number of para-hydroxylation sites is 1. The number of ether oxygens (including phenoxy) is 2. The molecule has 0 saturated carbocycles. The molecular formula is C16H14N2O7. The Labute approximate surface area is 142 Å². The maximum Gasteiger partial charge on any atom is 0.347 e. The van der Waals surface area contributed by atoms with Crippen molar-refractivity contribution in [2.75, 3.05) is 0 Å². The zero-order valence-electron chi connectivity index (χ0n) is 13.4. The number of carbonyl (C=O) groups is 2. The minimum absolute atomic E-state index is 0.0814. The fraction of sp³-hybridized carbons (Fsp3) is 0.188. The van der Waals surface area contributed by atoms with Crippen molar-refractivity contribution < 1.29 is 29.0 Å². The van der Waals surface area contributed by atoms with Crippen molar-refractivity contribution in [3.63, 3.8) is 0 Å². The third kappa shape index (κ3) is 4.99. The van der Waals surface area contributed by atoms with E-state index in [4.69, 9.17) is 9.47 Å². The summed E-state index contributed by atoms with van der Waals surface area (Å²) in [5.41, 5.74) is 0.745. The van der Waals surface area contributed by atoms with Crippen LogP contribution in [0.1, 0.15) is 28.7 Å². The first-order chi connectivity index (χ1) is 11.9. The molecule has 0 fully saturated rings. The maximum absolute atomic E-state index is 12.3. The topological polar surface area (TPSA) is 118 Å². The number of carbonyl (C=O) groups excluding carboxylic acids is 2. The second kappa shape index (κ2) is 7.86. The number of aromatic nitrogens is 1. The molecule has 130 valence electrons. The number of benzene rings is 1. The summed E-state index contributed by atoms with van der Waals surface area (Å²) >= 11 is 0. The van der Waals surface area contributed by atoms with Crippen LogP contribution in [0.3, 0.4) is 0 Å². The number of hydrogen-bond acceptors (Lipinski definition) is 8. The average Bonchev–Trinajstić information content (AvgIpc) is 2.55. The van der Waals surface area contributed by atoms with Gasteiger partial charge in [0.25, 0.3) is 5.09 Å². The summed E-state index contributed by atoms with van der Waals surface area (Å²) in [5.74, 6) is -1.03. The molecule has 1 heterocycles. The number of hydrogen-bond donors (Lipinski definition) is 0. The zero-order chi connectivity index (χ0) is 18.4. The second-order valence-corrected chi connectivity index (χ2v) is 4.86. The fourth-order valence-corrected chi connectivity index (χ4v) is 1.94. The van der Waals surface area contributed by atoms with Crippen molar-refractivity contribution in [2.24, 2.45) is 0 Å². The van der Waals surface area contributed by atoms with E-state index < -0.39 is 17.0 Å². The highest BCUT2D eigenvalue weighted by molar-refractivity contribution is 5.94. The van der Waals surface area contributed by atoms with Crippen molar-refractivity contribution in [1.82, 2.24) is 4.98 Å². The van der Waals surface area contributed by atoms with Crippen LogP contribution in [0.5, 0.6) is 11.5 Å². The molecule has 25 heavy (non-hydrogen) atoms. The molecule has 2 aromatic rings. The minimum atomic E-state index is -0.920. The summed E-state index contributed by atoms with van der Waals surface area (Å²) in [6, 6.07) is 9.05. The lowest BCUT2D eigenvalue weighted by molar-refractivity contribution is -0.763. The van der Waals surface area contributed by atoms with Gasteiger partial charge in [-0.2, -0.15) is 0 Å². The molecule has 0 spiro atoms.